The number of rotatable bonds is 4. The van der Waals surface area contributed by atoms with Crippen molar-refractivity contribution in [2.45, 2.75) is 39.1 Å². The molecule has 9 heteroatoms. The third-order valence-corrected chi connectivity index (χ3v) is 5.60. The number of hydrogen-bond acceptors (Lipinski definition) is 8. The molecule has 1 aromatic heterocycles. The number of carbonyl (C=O) groups excluding carboxylic acids is 2. The second-order valence-corrected chi connectivity index (χ2v) is 8.38. The number of carbonyl (C=O) groups is 2. The lowest BCUT2D eigenvalue weighted by molar-refractivity contribution is -0.132. The number of thioether (sulfide) groups is 1. The van der Waals surface area contributed by atoms with Crippen LogP contribution in [0, 0.1) is 6.92 Å². The zero-order valence-electron chi connectivity index (χ0n) is 18.2. The van der Waals surface area contributed by atoms with Crippen LogP contribution in [-0.2, 0) is 9.59 Å². The molecule has 0 spiro atoms. The second-order valence-electron chi connectivity index (χ2n) is 7.14. The molecule has 0 fully saturated rings. The highest BCUT2D eigenvalue weighted by Gasteiger charge is 2.36. The Labute approximate surface area is 190 Å². The Bertz CT molecular complexity index is 1200. The summed E-state index contributed by atoms with van der Waals surface area (Å²) in [5.74, 6) is 0.667. The first-order valence-corrected chi connectivity index (χ1v) is 11.1. The van der Waals surface area contributed by atoms with Gasteiger partial charge in [-0.25, -0.2) is 0 Å². The minimum Gasteiger partial charge on any atom is -0.447 e. The Kier molecular flexibility index (Phi) is 6.09. The lowest BCUT2D eigenvalue weighted by Crippen LogP contribution is -2.36. The average Bonchev–Trinajstić information content (AvgIpc) is 2.89. The van der Waals surface area contributed by atoms with E-state index in [9.17, 15) is 9.59 Å². The summed E-state index contributed by atoms with van der Waals surface area (Å²) in [5, 5.41) is 9.05. The number of benzene rings is 2. The van der Waals surface area contributed by atoms with Gasteiger partial charge in [0, 0.05) is 19.4 Å². The van der Waals surface area contributed by atoms with Crippen molar-refractivity contribution in [1.82, 2.24) is 15.2 Å². The number of anilines is 1. The van der Waals surface area contributed by atoms with E-state index in [1.165, 1.54) is 30.5 Å². The van der Waals surface area contributed by atoms with Crippen molar-refractivity contribution in [1.29, 1.82) is 0 Å². The van der Waals surface area contributed by atoms with Gasteiger partial charge in [-0.15, -0.1) is 10.2 Å². The van der Waals surface area contributed by atoms with Gasteiger partial charge in [0.15, 0.2) is 5.69 Å². The Morgan fingerprint density at radius 2 is 1.91 bits per heavy atom. The third-order valence-electron chi connectivity index (χ3n) is 4.88. The zero-order valence-corrected chi connectivity index (χ0v) is 19.0. The maximum Gasteiger partial charge on any atom is 0.308 e. The fraction of sp³-hybridized carbons (Fsp3) is 0.261. The van der Waals surface area contributed by atoms with Crippen molar-refractivity contribution < 1.29 is 19.1 Å². The third kappa shape index (κ3) is 4.03. The van der Waals surface area contributed by atoms with Crippen molar-refractivity contribution in [2.24, 2.45) is 0 Å². The summed E-state index contributed by atoms with van der Waals surface area (Å²) in [7, 11) is 0. The lowest BCUT2D eigenvalue weighted by Gasteiger charge is -2.31. The van der Waals surface area contributed by atoms with Crippen molar-refractivity contribution in [2.75, 3.05) is 10.7 Å². The zero-order chi connectivity index (χ0) is 22.8. The standard InChI is InChI=1S/C23H22N4O4S/c1-5-32-23-24-21-19(25-26-23)16-10-6-7-12-18(16)27(14(3)28)22(31-21)17-11-8-9-13(2)20(17)30-15(4)29/h6-12,22H,5H2,1-4H3/t22-/m1/s1. The monoisotopic (exact) mass is 450 g/mol. The highest BCUT2D eigenvalue weighted by molar-refractivity contribution is 7.99. The molecule has 0 unspecified atom stereocenters. The summed E-state index contributed by atoms with van der Waals surface area (Å²) in [4.78, 5) is 30.8. The molecule has 0 radical (unpaired) electrons. The van der Waals surface area contributed by atoms with Gasteiger partial charge in [-0.3, -0.25) is 14.5 Å². The largest absolute Gasteiger partial charge is 0.447 e. The average molecular weight is 451 g/mol. The van der Waals surface area contributed by atoms with Crippen molar-refractivity contribution >= 4 is 29.3 Å². The Morgan fingerprint density at radius 3 is 2.62 bits per heavy atom. The number of amides is 1. The quantitative estimate of drug-likeness (QED) is 0.329. The van der Waals surface area contributed by atoms with E-state index in [2.05, 4.69) is 15.2 Å². The Morgan fingerprint density at radius 1 is 1.12 bits per heavy atom. The van der Waals surface area contributed by atoms with Gasteiger partial charge >= 0.3 is 5.97 Å². The summed E-state index contributed by atoms with van der Waals surface area (Å²) in [6.07, 6.45) is -0.930. The van der Waals surface area contributed by atoms with E-state index in [4.69, 9.17) is 9.47 Å². The predicted octanol–water partition coefficient (Wildman–Crippen LogP) is 4.33. The van der Waals surface area contributed by atoms with Gasteiger partial charge in [0.25, 0.3) is 0 Å². The van der Waals surface area contributed by atoms with E-state index >= 15 is 0 Å². The van der Waals surface area contributed by atoms with Crippen molar-refractivity contribution in [3.8, 4) is 22.9 Å². The number of nitrogens with zero attached hydrogens (tertiary/aromatic N) is 4. The molecular formula is C23H22N4O4S. The van der Waals surface area contributed by atoms with E-state index in [1.54, 1.807) is 6.07 Å². The van der Waals surface area contributed by atoms with Gasteiger partial charge in [0.05, 0.1) is 11.3 Å². The molecule has 3 aromatic rings. The summed E-state index contributed by atoms with van der Waals surface area (Å²) >= 11 is 1.44. The van der Waals surface area contributed by atoms with Crippen LogP contribution >= 0.6 is 11.8 Å². The molecule has 4 rings (SSSR count). The Balaban J connectivity index is 1.98. The summed E-state index contributed by atoms with van der Waals surface area (Å²) in [6, 6.07) is 12.8. The Hall–Kier alpha value is -3.46. The molecule has 2 heterocycles. The van der Waals surface area contributed by atoms with Gasteiger partial charge in [0.2, 0.25) is 23.2 Å². The summed E-state index contributed by atoms with van der Waals surface area (Å²) in [6.45, 7) is 6.62. The van der Waals surface area contributed by atoms with Crippen LogP contribution in [-0.4, -0.2) is 32.8 Å². The number of ether oxygens (including phenoxy) is 2. The van der Waals surface area contributed by atoms with Gasteiger partial charge in [-0.1, -0.05) is 49.0 Å². The van der Waals surface area contributed by atoms with E-state index in [0.717, 1.165) is 11.3 Å². The van der Waals surface area contributed by atoms with Crippen LogP contribution in [0.15, 0.2) is 47.6 Å². The number of para-hydroxylation sites is 2. The number of aromatic nitrogens is 3. The minimum absolute atomic E-state index is 0.248. The van der Waals surface area contributed by atoms with Gasteiger partial charge in [0.1, 0.15) is 5.75 Å². The van der Waals surface area contributed by atoms with Crippen LogP contribution in [0.4, 0.5) is 5.69 Å². The fourth-order valence-electron chi connectivity index (χ4n) is 3.60. The molecule has 0 saturated carbocycles. The number of esters is 1. The molecule has 32 heavy (non-hydrogen) atoms. The molecule has 0 N–H and O–H groups in total. The second kappa shape index (κ2) is 8.96. The van der Waals surface area contributed by atoms with Crippen molar-refractivity contribution in [3.63, 3.8) is 0 Å². The highest BCUT2D eigenvalue weighted by Crippen LogP contribution is 2.45. The molecule has 0 bridgehead atoms. The number of hydrogen-bond donors (Lipinski definition) is 0. The molecule has 1 aliphatic rings. The molecule has 0 aliphatic carbocycles. The topological polar surface area (TPSA) is 94.5 Å². The van der Waals surface area contributed by atoms with Crippen LogP contribution in [0.5, 0.6) is 11.6 Å². The van der Waals surface area contributed by atoms with E-state index in [1.807, 2.05) is 50.2 Å². The smallest absolute Gasteiger partial charge is 0.308 e. The minimum atomic E-state index is -0.930. The summed E-state index contributed by atoms with van der Waals surface area (Å²) < 4.78 is 11.9. The molecule has 164 valence electrons. The van der Waals surface area contributed by atoms with Crippen LogP contribution in [0.3, 0.4) is 0 Å². The molecule has 2 aromatic carbocycles. The van der Waals surface area contributed by atoms with Gasteiger partial charge < -0.3 is 9.47 Å². The molecule has 1 aliphatic heterocycles. The van der Waals surface area contributed by atoms with Crippen LogP contribution in [0.1, 0.15) is 38.1 Å². The predicted molar refractivity (Wildman–Crippen MR) is 121 cm³/mol. The molecular weight excluding hydrogens is 428 g/mol. The maximum atomic E-state index is 12.9. The van der Waals surface area contributed by atoms with Gasteiger partial charge in [-0.2, -0.15) is 4.98 Å². The number of fused-ring (bicyclic) bond motifs is 3. The number of aryl methyl sites for hydroxylation is 1. The van der Waals surface area contributed by atoms with Crippen molar-refractivity contribution in [3.05, 3.63) is 53.6 Å². The van der Waals surface area contributed by atoms with E-state index in [-0.39, 0.29) is 11.8 Å². The lowest BCUT2D eigenvalue weighted by atomic mass is 10.1. The first-order valence-electron chi connectivity index (χ1n) is 10.1. The molecule has 8 nitrogen and oxygen atoms in total. The highest BCUT2D eigenvalue weighted by atomic mass is 32.2. The first kappa shape index (κ1) is 21.8. The normalized spacial score (nSPS) is 14.6. The van der Waals surface area contributed by atoms with Crippen LogP contribution in [0.25, 0.3) is 11.3 Å². The van der Waals surface area contributed by atoms with Crippen LogP contribution < -0.4 is 14.4 Å². The van der Waals surface area contributed by atoms with Gasteiger partial charge in [-0.05, 0) is 30.4 Å². The maximum absolute atomic E-state index is 12.9. The molecule has 0 saturated heterocycles. The molecule has 1 atom stereocenters. The SMILES string of the molecule is CCSc1nnc2c(n1)O[C@H](c1cccc(C)c1OC(C)=O)N(C(C)=O)c1ccccc1-2. The van der Waals surface area contributed by atoms with E-state index in [0.29, 0.717) is 33.4 Å². The first-order chi connectivity index (χ1) is 15.4. The van der Waals surface area contributed by atoms with Crippen LogP contribution in [0.2, 0.25) is 0 Å². The van der Waals surface area contributed by atoms with E-state index < -0.39 is 12.2 Å². The summed E-state index contributed by atoms with van der Waals surface area (Å²) in [5.41, 5.74) is 2.99. The molecule has 1 amide bonds. The fourth-order valence-corrected chi connectivity index (χ4v) is 4.10.